The van der Waals surface area contributed by atoms with E-state index < -0.39 is 0 Å². The van der Waals surface area contributed by atoms with Crippen LogP contribution in [0.4, 0.5) is 5.13 Å². The first kappa shape index (κ1) is 21.7. The molecule has 0 atom stereocenters. The third kappa shape index (κ3) is 5.06. The Kier molecular flexibility index (Phi) is 6.85. The van der Waals surface area contributed by atoms with E-state index in [1.807, 2.05) is 55.5 Å². The molecular formula is C23H21ClN2O3S2. The molecule has 0 fully saturated rings. The molecule has 0 bridgehead atoms. The molecule has 0 radical (unpaired) electrons. The SMILES string of the molecule is COc1ccc(SCCC(=O)N(Cc2ccco2)c2nc3c(C)c(Cl)ccc3s2)cc1. The van der Waals surface area contributed by atoms with Crippen LogP contribution in [-0.2, 0) is 11.3 Å². The number of hydrogen-bond acceptors (Lipinski definition) is 6. The number of halogens is 1. The first-order valence-electron chi connectivity index (χ1n) is 9.70. The summed E-state index contributed by atoms with van der Waals surface area (Å²) in [5, 5.41) is 1.32. The van der Waals surface area contributed by atoms with Crippen LogP contribution in [0.25, 0.3) is 10.2 Å². The Labute approximate surface area is 194 Å². The normalized spacial score (nSPS) is 11.1. The van der Waals surface area contributed by atoms with Crippen LogP contribution in [0.5, 0.6) is 5.75 Å². The van der Waals surface area contributed by atoms with E-state index in [2.05, 4.69) is 0 Å². The molecule has 2 aromatic carbocycles. The fourth-order valence-corrected chi connectivity index (χ4v) is 5.12. The van der Waals surface area contributed by atoms with Gasteiger partial charge in [-0.15, -0.1) is 11.8 Å². The molecule has 0 spiro atoms. The number of rotatable bonds is 8. The van der Waals surface area contributed by atoms with Crippen molar-refractivity contribution in [3.8, 4) is 5.75 Å². The molecule has 0 aliphatic rings. The summed E-state index contributed by atoms with van der Waals surface area (Å²) in [5.74, 6) is 2.19. The summed E-state index contributed by atoms with van der Waals surface area (Å²) in [7, 11) is 1.64. The topological polar surface area (TPSA) is 55.6 Å². The first-order valence-corrected chi connectivity index (χ1v) is 11.9. The second-order valence-corrected chi connectivity index (χ2v) is 9.43. The Hall–Kier alpha value is -2.48. The van der Waals surface area contributed by atoms with Gasteiger partial charge in [0.25, 0.3) is 0 Å². The molecule has 2 aromatic heterocycles. The quantitative estimate of drug-likeness (QED) is 0.271. The summed E-state index contributed by atoms with van der Waals surface area (Å²) < 4.78 is 11.7. The van der Waals surface area contributed by atoms with Crippen molar-refractivity contribution in [2.24, 2.45) is 0 Å². The van der Waals surface area contributed by atoms with E-state index in [0.29, 0.717) is 34.6 Å². The van der Waals surface area contributed by atoms with E-state index in [9.17, 15) is 4.79 Å². The molecule has 5 nitrogen and oxygen atoms in total. The zero-order valence-corrected chi connectivity index (χ0v) is 19.5. The molecule has 4 rings (SSSR count). The molecule has 0 unspecified atom stereocenters. The average Bonchev–Trinajstić information content (AvgIpc) is 3.45. The monoisotopic (exact) mass is 472 g/mol. The lowest BCUT2D eigenvalue weighted by Crippen LogP contribution is -2.30. The Bertz CT molecular complexity index is 1170. The second-order valence-electron chi connectivity index (χ2n) is 6.85. The van der Waals surface area contributed by atoms with E-state index in [1.165, 1.54) is 11.3 Å². The predicted molar refractivity (Wildman–Crippen MR) is 128 cm³/mol. The van der Waals surface area contributed by atoms with Gasteiger partial charge >= 0.3 is 0 Å². The number of amides is 1. The highest BCUT2D eigenvalue weighted by Gasteiger charge is 2.22. The maximum atomic E-state index is 13.2. The number of anilines is 1. The van der Waals surface area contributed by atoms with E-state index in [1.54, 1.807) is 30.0 Å². The molecule has 0 saturated carbocycles. The number of nitrogens with zero attached hydrogens (tertiary/aromatic N) is 2. The molecule has 2 heterocycles. The highest BCUT2D eigenvalue weighted by molar-refractivity contribution is 7.99. The van der Waals surface area contributed by atoms with Crippen LogP contribution in [0, 0.1) is 6.92 Å². The third-order valence-corrected chi connectivity index (χ3v) is 7.27. The number of methoxy groups -OCH3 is 1. The Morgan fingerprint density at radius 3 is 2.74 bits per heavy atom. The van der Waals surface area contributed by atoms with Gasteiger partial charge in [0.1, 0.15) is 11.5 Å². The van der Waals surface area contributed by atoms with Gasteiger partial charge in [0.05, 0.1) is 30.1 Å². The number of carbonyl (C=O) groups excluding carboxylic acids is 1. The number of aromatic nitrogens is 1. The minimum Gasteiger partial charge on any atom is -0.497 e. The Morgan fingerprint density at radius 1 is 1.23 bits per heavy atom. The van der Waals surface area contributed by atoms with Crippen molar-refractivity contribution in [2.75, 3.05) is 17.8 Å². The molecule has 0 aliphatic carbocycles. The fraction of sp³-hybridized carbons (Fsp3) is 0.217. The number of benzene rings is 2. The number of furan rings is 1. The largest absolute Gasteiger partial charge is 0.497 e. The summed E-state index contributed by atoms with van der Waals surface area (Å²) >= 11 is 9.38. The third-order valence-electron chi connectivity index (χ3n) is 4.81. The number of hydrogen-bond donors (Lipinski definition) is 0. The molecule has 8 heteroatoms. The van der Waals surface area contributed by atoms with Crippen molar-refractivity contribution >= 4 is 56.0 Å². The molecule has 1 amide bonds. The summed E-state index contributed by atoms with van der Waals surface area (Å²) in [6.07, 6.45) is 1.99. The van der Waals surface area contributed by atoms with Gasteiger partial charge in [-0.2, -0.15) is 0 Å². The molecule has 0 saturated heterocycles. The number of aryl methyl sites for hydroxylation is 1. The summed E-state index contributed by atoms with van der Waals surface area (Å²) in [6, 6.07) is 15.3. The smallest absolute Gasteiger partial charge is 0.230 e. The number of carbonyl (C=O) groups is 1. The molecule has 0 N–H and O–H groups in total. The van der Waals surface area contributed by atoms with Gasteiger partial charge in [0, 0.05) is 22.1 Å². The number of fused-ring (bicyclic) bond motifs is 1. The van der Waals surface area contributed by atoms with Crippen LogP contribution < -0.4 is 9.64 Å². The average molecular weight is 473 g/mol. The zero-order chi connectivity index (χ0) is 21.8. The van der Waals surface area contributed by atoms with E-state index in [0.717, 1.165) is 26.4 Å². The van der Waals surface area contributed by atoms with Gasteiger partial charge in [-0.1, -0.05) is 22.9 Å². The van der Waals surface area contributed by atoms with E-state index >= 15 is 0 Å². The van der Waals surface area contributed by atoms with Gasteiger partial charge in [-0.3, -0.25) is 9.69 Å². The second kappa shape index (κ2) is 9.77. The molecular weight excluding hydrogens is 452 g/mol. The van der Waals surface area contributed by atoms with Crippen LogP contribution in [0.1, 0.15) is 17.7 Å². The van der Waals surface area contributed by atoms with Crippen LogP contribution in [-0.4, -0.2) is 23.8 Å². The maximum absolute atomic E-state index is 13.2. The first-order chi connectivity index (χ1) is 15.0. The van der Waals surface area contributed by atoms with Crippen LogP contribution in [0.3, 0.4) is 0 Å². The van der Waals surface area contributed by atoms with Crippen molar-refractivity contribution in [1.82, 2.24) is 4.98 Å². The van der Waals surface area contributed by atoms with Crippen molar-refractivity contribution in [3.05, 3.63) is 71.1 Å². The van der Waals surface area contributed by atoms with Gasteiger partial charge in [-0.05, 0) is 61.0 Å². The predicted octanol–water partition coefficient (Wildman–Crippen LogP) is 6.58. The van der Waals surface area contributed by atoms with Crippen molar-refractivity contribution in [3.63, 3.8) is 0 Å². The van der Waals surface area contributed by atoms with Gasteiger partial charge < -0.3 is 9.15 Å². The maximum Gasteiger partial charge on any atom is 0.230 e. The van der Waals surface area contributed by atoms with E-state index in [4.69, 9.17) is 25.7 Å². The van der Waals surface area contributed by atoms with Crippen LogP contribution in [0.15, 0.2) is 64.1 Å². The molecule has 31 heavy (non-hydrogen) atoms. The minimum atomic E-state index is 0.000202. The summed E-state index contributed by atoms with van der Waals surface area (Å²) in [4.78, 5) is 20.7. The number of thiazole rings is 1. The summed E-state index contributed by atoms with van der Waals surface area (Å²) in [6.45, 7) is 2.28. The molecule has 0 aliphatic heterocycles. The Balaban J connectivity index is 1.51. The van der Waals surface area contributed by atoms with Gasteiger partial charge in [0.2, 0.25) is 5.91 Å². The minimum absolute atomic E-state index is 0.000202. The highest BCUT2D eigenvalue weighted by Crippen LogP contribution is 2.34. The van der Waals surface area contributed by atoms with Crippen molar-refractivity contribution in [1.29, 1.82) is 0 Å². The van der Waals surface area contributed by atoms with Gasteiger partial charge in [-0.25, -0.2) is 4.98 Å². The number of thioether (sulfide) groups is 1. The zero-order valence-electron chi connectivity index (χ0n) is 17.1. The van der Waals surface area contributed by atoms with Crippen molar-refractivity contribution in [2.45, 2.75) is 24.8 Å². The molecule has 4 aromatic rings. The van der Waals surface area contributed by atoms with Gasteiger partial charge in [0.15, 0.2) is 5.13 Å². The van der Waals surface area contributed by atoms with E-state index in [-0.39, 0.29) is 5.91 Å². The highest BCUT2D eigenvalue weighted by atomic mass is 35.5. The number of ether oxygens (including phenoxy) is 1. The van der Waals surface area contributed by atoms with Crippen LogP contribution >= 0.6 is 34.7 Å². The van der Waals surface area contributed by atoms with Crippen LogP contribution in [0.2, 0.25) is 5.02 Å². The lowest BCUT2D eigenvalue weighted by atomic mass is 10.2. The Morgan fingerprint density at radius 2 is 2.03 bits per heavy atom. The van der Waals surface area contributed by atoms with Crippen molar-refractivity contribution < 1.29 is 13.9 Å². The standard InChI is InChI=1S/C23H21ClN2O3S2/c1-15-19(24)9-10-20-22(15)25-23(31-20)26(14-17-4-3-12-29-17)21(27)11-13-30-18-7-5-16(28-2)6-8-18/h3-10,12H,11,13-14H2,1-2H3. The lowest BCUT2D eigenvalue weighted by molar-refractivity contribution is -0.118. The lowest BCUT2D eigenvalue weighted by Gasteiger charge is -2.18. The molecule has 160 valence electrons. The fourth-order valence-electron chi connectivity index (χ4n) is 3.09. The summed E-state index contributed by atoms with van der Waals surface area (Å²) in [5.41, 5.74) is 1.75.